The van der Waals surface area contributed by atoms with Crippen LogP contribution in [0.4, 0.5) is 0 Å². The highest BCUT2D eigenvalue weighted by atomic mass is 32.1. The van der Waals surface area contributed by atoms with Gasteiger partial charge in [-0.1, -0.05) is 20.8 Å². The number of hydrogen-bond donors (Lipinski definition) is 0. The minimum Gasteiger partial charge on any atom is -0.294 e. The standard InChI is InChI=1S/C13H16OS/c1-4-9-5-10-6-12(8(2)3)15-13(10)7-11(9)14/h5-6,8H,4,7H2,1-3H3. The molecule has 1 aromatic heterocycles. The summed E-state index contributed by atoms with van der Waals surface area (Å²) in [6.45, 7) is 6.44. The fraction of sp³-hybridized carbons (Fsp3) is 0.462. The summed E-state index contributed by atoms with van der Waals surface area (Å²) in [6, 6.07) is 2.24. The Labute approximate surface area is 94.8 Å². The topological polar surface area (TPSA) is 17.1 Å². The Kier molecular flexibility index (Phi) is 2.79. The number of fused-ring (bicyclic) bond motifs is 1. The molecule has 0 unspecified atom stereocenters. The van der Waals surface area contributed by atoms with Crippen LogP contribution in [-0.4, -0.2) is 5.78 Å². The molecular weight excluding hydrogens is 204 g/mol. The van der Waals surface area contributed by atoms with Crippen LogP contribution in [0.15, 0.2) is 11.6 Å². The molecule has 0 bridgehead atoms. The highest BCUT2D eigenvalue weighted by Crippen LogP contribution is 2.33. The van der Waals surface area contributed by atoms with Crippen molar-refractivity contribution in [1.82, 2.24) is 0 Å². The Morgan fingerprint density at radius 1 is 1.47 bits per heavy atom. The number of thiophene rings is 1. The lowest BCUT2D eigenvalue weighted by Gasteiger charge is -2.09. The molecule has 0 aromatic carbocycles. The molecule has 0 N–H and O–H groups in total. The number of rotatable bonds is 2. The average molecular weight is 220 g/mol. The van der Waals surface area contributed by atoms with Crippen molar-refractivity contribution in [3.05, 3.63) is 27.0 Å². The molecule has 1 nitrogen and oxygen atoms in total. The van der Waals surface area contributed by atoms with Crippen LogP contribution in [0.2, 0.25) is 0 Å². The van der Waals surface area contributed by atoms with Crippen molar-refractivity contribution >= 4 is 23.2 Å². The number of hydrogen-bond acceptors (Lipinski definition) is 2. The molecule has 1 heterocycles. The predicted octanol–water partition coefficient (Wildman–Crippen LogP) is 3.79. The van der Waals surface area contributed by atoms with Crippen LogP contribution in [0.5, 0.6) is 0 Å². The van der Waals surface area contributed by atoms with E-state index < -0.39 is 0 Å². The largest absolute Gasteiger partial charge is 0.294 e. The zero-order chi connectivity index (χ0) is 11.0. The average Bonchev–Trinajstić information content (AvgIpc) is 2.59. The normalized spacial score (nSPS) is 15.5. The second-order valence-electron chi connectivity index (χ2n) is 4.31. The molecule has 0 atom stereocenters. The van der Waals surface area contributed by atoms with Crippen molar-refractivity contribution in [2.75, 3.05) is 0 Å². The van der Waals surface area contributed by atoms with Crippen molar-refractivity contribution in [1.29, 1.82) is 0 Å². The van der Waals surface area contributed by atoms with Gasteiger partial charge in [-0.05, 0) is 35.6 Å². The number of ketones is 1. The van der Waals surface area contributed by atoms with Gasteiger partial charge in [0.15, 0.2) is 5.78 Å². The Hall–Kier alpha value is -0.890. The number of carbonyl (C=O) groups excluding carboxylic acids is 1. The quantitative estimate of drug-likeness (QED) is 0.741. The monoisotopic (exact) mass is 220 g/mol. The zero-order valence-corrected chi connectivity index (χ0v) is 10.3. The maximum atomic E-state index is 11.7. The summed E-state index contributed by atoms with van der Waals surface area (Å²) in [7, 11) is 0. The minimum atomic E-state index is 0.308. The lowest BCUT2D eigenvalue weighted by Crippen LogP contribution is -2.09. The van der Waals surface area contributed by atoms with Gasteiger partial charge in [-0.2, -0.15) is 0 Å². The van der Waals surface area contributed by atoms with E-state index in [1.165, 1.54) is 15.3 Å². The van der Waals surface area contributed by atoms with Crippen molar-refractivity contribution in [2.45, 2.75) is 39.5 Å². The predicted molar refractivity (Wildman–Crippen MR) is 65.4 cm³/mol. The number of carbonyl (C=O) groups is 1. The first-order chi connectivity index (χ1) is 7.11. The summed E-state index contributed by atoms with van der Waals surface area (Å²) in [4.78, 5) is 14.3. The summed E-state index contributed by atoms with van der Waals surface area (Å²) in [5.74, 6) is 0.872. The van der Waals surface area contributed by atoms with Gasteiger partial charge in [-0.3, -0.25) is 4.79 Å². The van der Waals surface area contributed by atoms with Gasteiger partial charge in [0.25, 0.3) is 0 Å². The second-order valence-corrected chi connectivity index (χ2v) is 5.47. The van der Waals surface area contributed by atoms with E-state index in [2.05, 4.69) is 26.0 Å². The van der Waals surface area contributed by atoms with Gasteiger partial charge < -0.3 is 0 Å². The summed E-state index contributed by atoms with van der Waals surface area (Å²) in [5, 5.41) is 0. The van der Waals surface area contributed by atoms with Crippen LogP contribution in [0, 0.1) is 0 Å². The maximum Gasteiger partial charge on any atom is 0.164 e. The van der Waals surface area contributed by atoms with Crippen LogP contribution in [0.3, 0.4) is 0 Å². The Balaban J connectivity index is 2.42. The number of allylic oxidation sites excluding steroid dienone is 1. The van der Waals surface area contributed by atoms with Gasteiger partial charge in [-0.25, -0.2) is 0 Å². The molecule has 0 spiro atoms. The van der Waals surface area contributed by atoms with Gasteiger partial charge in [0.2, 0.25) is 0 Å². The van der Waals surface area contributed by atoms with Gasteiger partial charge in [0, 0.05) is 16.2 Å². The Morgan fingerprint density at radius 2 is 2.20 bits per heavy atom. The van der Waals surface area contributed by atoms with Crippen LogP contribution < -0.4 is 0 Å². The molecule has 2 rings (SSSR count). The first kappa shape index (κ1) is 10.6. The molecule has 0 saturated carbocycles. The van der Waals surface area contributed by atoms with E-state index >= 15 is 0 Å². The fourth-order valence-corrected chi connectivity index (χ4v) is 2.98. The molecule has 1 aliphatic rings. The molecule has 80 valence electrons. The smallest absolute Gasteiger partial charge is 0.164 e. The third-order valence-corrected chi connectivity index (χ3v) is 4.27. The zero-order valence-electron chi connectivity index (χ0n) is 9.46. The van der Waals surface area contributed by atoms with Crippen molar-refractivity contribution in [3.8, 4) is 0 Å². The van der Waals surface area contributed by atoms with E-state index in [4.69, 9.17) is 0 Å². The highest BCUT2D eigenvalue weighted by Gasteiger charge is 2.20. The molecule has 0 fully saturated rings. The Bertz CT molecular complexity index is 424. The van der Waals surface area contributed by atoms with E-state index in [9.17, 15) is 4.79 Å². The van der Waals surface area contributed by atoms with Crippen LogP contribution >= 0.6 is 11.3 Å². The number of Topliss-reactive ketones (excluding diaryl/α,β-unsaturated/α-hetero) is 1. The molecule has 0 amide bonds. The van der Waals surface area contributed by atoms with Gasteiger partial charge in [-0.15, -0.1) is 11.3 Å². The van der Waals surface area contributed by atoms with E-state index in [0.717, 1.165) is 12.0 Å². The lowest BCUT2D eigenvalue weighted by molar-refractivity contribution is -0.115. The minimum absolute atomic E-state index is 0.308. The molecule has 15 heavy (non-hydrogen) atoms. The summed E-state index contributed by atoms with van der Waals surface area (Å²) in [6.07, 6.45) is 3.54. The van der Waals surface area contributed by atoms with Gasteiger partial charge in [0.05, 0.1) is 0 Å². The molecule has 0 saturated heterocycles. The summed E-state index contributed by atoms with van der Waals surface area (Å²) >= 11 is 1.79. The summed E-state index contributed by atoms with van der Waals surface area (Å²) in [5.41, 5.74) is 2.26. The molecular formula is C13H16OS. The van der Waals surface area contributed by atoms with E-state index in [-0.39, 0.29) is 0 Å². The molecule has 1 aliphatic carbocycles. The second kappa shape index (κ2) is 3.93. The van der Waals surface area contributed by atoms with E-state index in [1.54, 1.807) is 11.3 Å². The van der Waals surface area contributed by atoms with E-state index in [1.807, 2.05) is 6.92 Å². The van der Waals surface area contributed by atoms with Crippen molar-refractivity contribution in [2.24, 2.45) is 0 Å². The molecule has 0 radical (unpaired) electrons. The van der Waals surface area contributed by atoms with Crippen LogP contribution in [0.25, 0.3) is 6.08 Å². The third-order valence-electron chi connectivity index (χ3n) is 2.82. The summed E-state index contributed by atoms with van der Waals surface area (Å²) < 4.78 is 0. The lowest BCUT2D eigenvalue weighted by atomic mass is 9.95. The fourth-order valence-electron chi connectivity index (χ4n) is 1.84. The Morgan fingerprint density at radius 3 is 2.80 bits per heavy atom. The van der Waals surface area contributed by atoms with Gasteiger partial charge >= 0.3 is 0 Å². The first-order valence-corrected chi connectivity index (χ1v) is 6.29. The molecule has 1 aromatic rings. The first-order valence-electron chi connectivity index (χ1n) is 5.48. The van der Waals surface area contributed by atoms with Crippen molar-refractivity contribution in [3.63, 3.8) is 0 Å². The molecule has 0 aliphatic heterocycles. The van der Waals surface area contributed by atoms with Crippen molar-refractivity contribution < 1.29 is 4.79 Å². The van der Waals surface area contributed by atoms with Crippen LogP contribution in [-0.2, 0) is 11.2 Å². The third kappa shape index (κ3) is 1.91. The SMILES string of the molecule is CCC1=Cc2cc(C(C)C)sc2CC1=O. The molecule has 2 heteroatoms. The van der Waals surface area contributed by atoms with Gasteiger partial charge in [0.1, 0.15) is 0 Å². The highest BCUT2D eigenvalue weighted by molar-refractivity contribution is 7.12. The van der Waals surface area contributed by atoms with Crippen LogP contribution in [0.1, 0.15) is 48.4 Å². The maximum absolute atomic E-state index is 11.7. The van der Waals surface area contributed by atoms with E-state index in [0.29, 0.717) is 18.1 Å².